The van der Waals surface area contributed by atoms with Crippen LogP contribution in [0.25, 0.3) is 5.76 Å². The number of benzene rings is 2. The van der Waals surface area contributed by atoms with Gasteiger partial charge in [-0.15, -0.1) is 0 Å². The van der Waals surface area contributed by atoms with Crippen molar-refractivity contribution in [3.05, 3.63) is 94.3 Å². The summed E-state index contributed by atoms with van der Waals surface area (Å²) in [6.07, 6.45) is 1.61. The van der Waals surface area contributed by atoms with Gasteiger partial charge >= 0.3 is 0 Å². The number of Topliss-reactive ketones (excluding diaryl/α,β-unsaturated/α-hetero) is 1. The van der Waals surface area contributed by atoms with Crippen LogP contribution in [-0.4, -0.2) is 40.9 Å². The number of carbonyl (C=O) groups is 2. The Morgan fingerprint density at radius 3 is 2.52 bits per heavy atom. The molecule has 7 nitrogen and oxygen atoms in total. The molecule has 1 atom stereocenters. The second kappa shape index (κ2) is 9.34. The van der Waals surface area contributed by atoms with Gasteiger partial charge in [-0.05, 0) is 36.4 Å². The Bertz CT molecular complexity index is 1240. The van der Waals surface area contributed by atoms with Crippen molar-refractivity contribution in [1.29, 1.82) is 0 Å². The average molecular weight is 465 g/mol. The number of amides is 1. The van der Waals surface area contributed by atoms with E-state index in [1.165, 1.54) is 25.2 Å². The molecule has 1 aliphatic heterocycles. The minimum atomic E-state index is -0.912. The van der Waals surface area contributed by atoms with Crippen molar-refractivity contribution in [2.45, 2.75) is 12.6 Å². The van der Waals surface area contributed by atoms with Gasteiger partial charge in [-0.2, -0.15) is 0 Å². The number of rotatable bonds is 6. The van der Waals surface area contributed by atoms with Crippen LogP contribution in [0.4, 0.5) is 0 Å². The van der Waals surface area contributed by atoms with Gasteiger partial charge in [-0.1, -0.05) is 35.9 Å². The highest BCUT2D eigenvalue weighted by atomic mass is 35.5. The highest BCUT2D eigenvalue weighted by molar-refractivity contribution is 6.47. The Morgan fingerprint density at radius 2 is 1.82 bits per heavy atom. The van der Waals surface area contributed by atoms with Crippen molar-refractivity contribution in [1.82, 2.24) is 9.88 Å². The third-order valence-electron chi connectivity index (χ3n) is 5.46. The summed E-state index contributed by atoms with van der Waals surface area (Å²) < 4.78 is 10.7. The highest BCUT2D eigenvalue weighted by Gasteiger charge is 2.47. The van der Waals surface area contributed by atoms with Gasteiger partial charge in [-0.25, -0.2) is 0 Å². The Hall–Kier alpha value is -3.84. The summed E-state index contributed by atoms with van der Waals surface area (Å²) in [5.41, 5.74) is 1.25. The number of aliphatic hydroxyl groups is 1. The van der Waals surface area contributed by atoms with Crippen LogP contribution in [0.2, 0.25) is 5.02 Å². The first-order valence-corrected chi connectivity index (χ1v) is 10.5. The fourth-order valence-corrected chi connectivity index (χ4v) is 4.09. The number of hydrogen-bond donors (Lipinski definition) is 1. The molecule has 0 saturated carbocycles. The Labute approximate surface area is 195 Å². The Balaban J connectivity index is 1.94. The fraction of sp³-hybridized carbons (Fsp3) is 0.160. The first-order chi connectivity index (χ1) is 16.0. The van der Waals surface area contributed by atoms with E-state index in [0.717, 1.165) is 0 Å². The van der Waals surface area contributed by atoms with Crippen molar-refractivity contribution < 1.29 is 24.2 Å². The molecule has 0 radical (unpaired) electrons. The van der Waals surface area contributed by atoms with E-state index in [9.17, 15) is 14.7 Å². The molecule has 0 spiro atoms. The summed E-state index contributed by atoms with van der Waals surface area (Å²) in [6.45, 7) is 0.0662. The SMILES string of the molecule is COc1ccc(Cl)c(/C(O)=C2\C(=O)C(=O)N(Cc3ccccn3)C2c2ccccc2OC)c1. The summed E-state index contributed by atoms with van der Waals surface area (Å²) in [4.78, 5) is 32.0. The summed E-state index contributed by atoms with van der Waals surface area (Å²) in [6, 6.07) is 16.2. The number of ether oxygens (including phenoxy) is 2. The molecule has 1 amide bonds. The minimum Gasteiger partial charge on any atom is -0.507 e. The smallest absolute Gasteiger partial charge is 0.296 e. The molecule has 1 aromatic heterocycles. The van der Waals surface area contributed by atoms with E-state index in [1.807, 2.05) is 0 Å². The van der Waals surface area contributed by atoms with Crippen LogP contribution in [0, 0.1) is 0 Å². The standard InChI is InChI=1S/C25H21ClN2O5/c1-32-16-10-11-19(26)18(13-16)23(29)21-22(17-8-3-4-9-20(17)33-2)28(25(31)24(21)30)14-15-7-5-6-12-27-15/h3-13,22,29H,14H2,1-2H3/b23-21+. The molecular formula is C25H21ClN2O5. The lowest BCUT2D eigenvalue weighted by Crippen LogP contribution is -2.29. The molecule has 4 rings (SSSR count). The number of carbonyl (C=O) groups excluding carboxylic acids is 2. The van der Waals surface area contributed by atoms with Crippen molar-refractivity contribution in [3.63, 3.8) is 0 Å². The molecule has 1 aliphatic rings. The quantitative estimate of drug-likeness (QED) is 0.331. The number of pyridine rings is 1. The van der Waals surface area contributed by atoms with Crippen molar-refractivity contribution in [3.8, 4) is 11.5 Å². The molecule has 1 unspecified atom stereocenters. The molecule has 1 N–H and O–H groups in total. The number of likely N-dealkylation sites (tertiary alicyclic amines) is 1. The van der Waals surface area contributed by atoms with Gasteiger partial charge in [0.2, 0.25) is 0 Å². The van der Waals surface area contributed by atoms with Gasteiger partial charge in [0.25, 0.3) is 11.7 Å². The van der Waals surface area contributed by atoms with E-state index in [4.69, 9.17) is 21.1 Å². The molecule has 1 fully saturated rings. The molecule has 2 heterocycles. The second-order valence-electron chi connectivity index (χ2n) is 7.34. The molecule has 168 valence electrons. The molecule has 3 aromatic rings. The molecule has 0 aliphatic carbocycles. The van der Waals surface area contributed by atoms with Crippen LogP contribution in [0.5, 0.6) is 11.5 Å². The molecular weight excluding hydrogens is 444 g/mol. The molecule has 0 bridgehead atoms. The number of hydrogen-bond acceptors (Lipinski definition) is 6. The predicted octanol–water partition coefficient (Wildman–Crippen LogP) is 4.37. The van der Waals surface area contributed by atoms with Crippen molar-refractivity contribution in [2.24, 2.45) is 0 Å². The second-order valence-corrected chi connectivity index (χ2v) is 7.74. The van der Waals surface area contributed by atoms with E-state index < -0.39 is 23.5 Å². The average Bonchev–Trinajstić information content (AvgIpc) is 3.09. The van der Waals surface area contributed by atoms with Gasteiger partial charge in [0.05, 0.1) is 43.1 Å². The van der Waals surface area contributed by atoms with E-state index in [2.05, 4.69) is 4.98 Å². The van der Waals surface area contributed by atoms with Crippen LogP contribution >= 0.6 is 11.6 Å². The largest absolute Gasteiger partial charge is 0.507 e. The zero-order chi connectivity index (χ0) is 23.5. The zero-order valence-electron chi connectivity index (χ0n) is 18.0. The lowest BCUT2D eigenvalue weighted by atomic mass is 9.94. The van der Waals surface area contributed by atoms with E-state index >= 15 is 0 Å². The summed E-state index contributed by atoms with van der Waals surface area (Å²) in [5.74, 6) is -1.05. The summed E-state index contributed by atoms with van der Waals surface area (Å²) in [5, 5.41) is 11.5. The van der Waals surface area contributed by atoms with E-state index in [1.54, 1.807) is 60.8 Å². The maximum Gasteiger partial charge on any atom is 0.296 e. The van der Waals surface area contributed by atoms with E-state index in [-0.39, 0.29) is 22.7 Å². The topological polar surface area (TPSA) is 89.0 Å². The molecule has 2 aromatic carbocycles. The Morgan fingerprint density at radius 1 is 1.06 bits per heavy atom. The Kier molecular flexibility index (Phi) is 6.33. The van der Waals surface area contributed by atoms with Gasteiger partial charge < -0.3 is 19.5 Å². The maximum atomic E-state index is 13.2. The first-order valence-electron chi connectivity index (χ1n) is 10.1. The summed E-state index contributed by atoms with van der Waals surface area (Å²) in [7, 11) is 2.98. The lowest BCUT2D eigenvalue weighted by Gasteiger charge is -2.26. The van der Waals surface area contributed by atoms with Gasteiger partial charge in [0, 0.05) is 17.3 Å². The first kappa shape index (κ1) is 22.4. The number of aromatic nitrogens is 1. The molecule has 8 heteroatoms. The zero-order valence-corrected chi connectivity index (χ0v) is 18.7. The third-order valence-corrected chi connectivity index (χ3v) is 5.79. The van der Waals surface area contributed by atoms with Gasteiger partial charge in [0.1, 0.15) is 17.3 Å². The maximum absolute atomic E-state index is 13.2. The van der Waals surface area contributed by atoms with Crippen LogP contribution in [0.3, 0.4) is 0 Å². The molecule has 33 heavy (non-hydrogen) atoms. The third kappa shape index (κ3) is 4.15. The predicted molar refractivity (Wildman–Crippen MR) is 123 cm³/mol. The van der Waals surface area contributed by atoms with Crippen LogP contribution in [-0.2, 0) is 16.1 Å². The van der Waals surface area contributed by atoms with Crippen molar-refractivity contribution in [2.75, 3.05) is 14.2 Å². The number of para-hydroxylation sites is 1. The highest BCUT2D eigenvalue weighted by Crippen LogP contribution is 2.44. The number of methoxy groups -OCH3 is 2. The van der Waals surface area contributed by atoms with Crippen LogP contribution in [0.15, 0.2) is 72.4 Å². The van der Waals surface area contributed by atoms with Gasteiger partial charge in [-0.3, -0.25) is 14.6 Å². The normalized spacial score (nSPS) is 17.3. The van der Waals surface area contributed by atoms with Gasteiger partial charge in [0.15, 0.2) is 0 Å². The fourth-order valence-electron chi connectivity index (χ4n) is 3.88. The number of halogens is 1. The minimum absolute atomic E-state index is 0.0662. The molecule has 1 saturated heterocycles. The number of nitrogens with zero attached hydrogens (tertiary/aromatic N) is 2. The number of aliphatic hydroxyl groups excluding tert-OH is 1. The lowest BCUT2D eigenvalue weighted by molar-refractivity contribution is -0.140. The monoisotopic (exact) mass is 464 g/mol. The van der Waals surface area contributed by atoms with E-state index in [0.29, 0.717) is 22.8 Å². The number of ketones is 1. The summed E-state index contributed by atoms with van der Waals surface area (Å²) >= 11 is 6.33. The van der Waals surface area contributed by atoms with Crippen LogP contribution in [0.1, 0.15) is 22.9 Å². The van der Waals surface area contributed by atoms with Crippen molar-refractivity contribution >= 4 is 29.1 Å². The van der Waals surface area contributed by atoms with Crippen LogP contribution < -0.4 is 9.47 Å².